The first-order valence-corrected chi connectivity index (χ1v) is 9.61. The third kappa shape index (κ3) is 5.17. The minimum absolute atomic E-state index is 0.00414. The van der Waals surface area contributed by atoms with Crippen molar-refractivity contribution < 1.29 is 9.53 Å². The molecular weight excluding hydrogens is 344 g/mol. The molecule has 134 valence electrons. The molecule has 0 saturated heterocycles. The molecule has 0 atom stereocenters. The SMILES string of the molecule is CCOc1ccc(-c2nc(CC(=O)NCCc3ccccc3)cs2)cc1. The maximum Gasteiger partial charge on any atom is 0.226 e. The molecule has 0 aliphatic heterocycles. The number of nitrogens with zero attached hydrogens (tertiary/aromatic N) is 1. The fourth-order valence-corrected chi connectivity index (χ4v) is 3.42. The first-order valence-electron chi connectivity index (χ1n) is 8.73. The summed E-state index contributed by atoms with van der Waals surface area (Å²) in [6, 6.07) is 18.0. The van der Waals surface area contributed by atoms with Crippen LogP contribution in [0.25, 0.3) is 10.6 Å². The highest BCUT2D eigenvalue weighted by Gasteiger charge is 2.09. The van der Waals surface area contributed by atoms with Crippen molar-refractivity contribution in [1.82, 2.24) is 10.3 Å². The lowest BCUT2D eigenvalue weighted by molar-refractivity contribution is -0.120. The fraction of sp³-hybridized carbons (Fsp3) is 0.238. The van der Waals surface area contributed by atoms with Crippen molar-refractivity contribution in [1.29, 1.82) is 0 Å². The fourth-order valence-electron chi connectivity index (χ4n) is 2.60. The number of hydrogen-bond donors (Lipinski definition) is 1. The smallest absolute Gasteiger partial charge is 0.226 e. The number of carbonyl (C=O) groups is 1. The van der Waals surface area contributed by atoms with Crippen molar-refractivity contribution in [2.75, 3.05) is 13.2 Å². The Hall–Kier alpha value is -2.66. The lowest BCUT2D eigenvalue weighted by Crippen LogP contribution is -2.27. The van der Waals surface area contributed by atoms with E-state index in [0.717, 1.165) is 28.4 Å². The van der Waals surface area contributed by atoms with Crippen molar-refractivity contribution in [3.8, 4) is 16.3 Å². The van der Waals surface area contributed by atoms with E-state index in [9.17, 15) is 4.79 Å². The summed E-state index contributed by atoms with van der Waals surface area (Å²) in [6.45, 7) is 3.25. The van der Waals surface area contributed by atoms with E-state index in [1.165, 1.54) is 5.56 Å². The predicted octanol–water partition coefficient (Wildman–Crippen LogP) is 4.11. The van der Waals surface area contributed by atoms with E-state index in [2.05, 4.69) is 22.4 Å². The number of thiazole rings is 1. The number of nitrogens with one attached hydrogen (secondary N) is 1. The van der Waals surface area contributed by atoms with Crippen molar-refractivity contribution in [2.24, 2.45) is 0 Å². The Bertz CT molecular complexity index is 829. The van der Waals surface area contributed by atoms with Crippen LogP contribution in [-0.4, -0.2) is 24.0 Å². The van der Waals surface area contributed by atoms with E-state index < -0.39 is 0 Å². The summed E-state index contributed by atoms with van der Waals surface area (Å²) in [4.78, 5) is 16.7. The van der Waals surface area contributed by atoms with E-state index in [-0.39, 0.29) is 5.91 Å². The van der Waals surface area contributed by atoms with E-state index in [0.29, 0.717) is 19.6 Å². The van der Waals surface area contributed by atoms with Crippen LogP contribution >= 0.6 is 11.3 Å². The van der Waals surface area contributed by atoms with Gasteiger partial charge in [0, 0.05) is 17.5 Å². The van der Waals surface area contributed by atoms with Crippen LogP contribution in [0.4, 0.5) is 0 Å². The number of aromatic nitrogens is 1. The monoisotopic (exact) mass is 366 g/mol. The molecule has 0 radical (unpaired) electrons. The molecule has 0 aliphatic carbocycles. The summed E-state index contributed by atoms with van der Waals surface area (Å²) in [5.41, 5.74) is 3.06. The summed E-state index contributed by atoms with van der Waals surface area (Å²) >= 11 is 1.55. The van der Waals surface area contributed by atoms with Crippen LogP contribution in [0.2, 0.25) is 0 Å². The molecule has 0 aliphatic rings. The zero-order valence-corrected chi connectivity index (χ0v) is 15.6. The van der Waals surface area contributed by atoms with Gasteiger partial charge in [0.15, 0.2) is 0 Å². The zero-order chi connectivity index (χ0) is 18.2. The van der Waals surface area contributed by atoms with Crippen LogP contribution < -0.4 is 10.1 Å². The number of benzene rings is 2. The summed E-state index contributed by atoms with van der Waals surface area (Å²) < 4.78 is 5.45. The lowest BCUT2D eigenvalue weighted by atomic mass is 10.1. The van der Waals surface area contributed by atoms with Gasteiger partial charge in [-0.2, -0.15) is 0 Å². The van der Waals surface area contributed by atoms with Crippen LogP contribution in [0.15, 0.2) is 60.0 Å². The topological polar surface area (TPSA) is 51.2 Å². The second kappa shape index (κ2) is 9.15. The molecule has 1 amide bonds. The van der Waals surface area contributed by atoms with Gasteiger partial charge < -0.3 is 10.1 Å². The molecular formula is C21H22N2O2S. The predicted molar refractivity (Wildman–Crippen MR) is 106 cm³/mol. The Morgan fingerprint density at radius 3 is 2.62 bits per heavy atom. The van der Waals surface area contributed by atoms with E-state index in [4.69, 9.17) is 4.74 Å². The van der Waals surface area contributed by atoms with E-state index in [1.807, 2.05) is 54.8 Å². The maximum absolute atomic E-state index is 12.1. The van der Waals surface area contributed by atoms with Gasteiger partial charge >= 0.3 is 0 Å². The number of rotatable bonds is 8. The molecule has 0 spiro atoms. The highest BCUT2D eigenvalue weighted by atomic mass is 32.1. The second-order valence-corrected chi connectivity index (χ2v) is 6.72. The molecule has 0 bridgehead atoms. The Labute approximate surface area is 157 Å². The van der Waals surface area contributed by atoms with Crippen LogP contribution in [0.5, 0.6) is 5.75 Å². The van der Waals surface area contributed by atoms with Gasteiger partial charge in [-0.25, -0.2) is 4.98 Å². The van der Waals surface area contributed by atoms with Gasteiger partial charge in [0.2, 0.25) is 5.91 Å². The average molecular weight is 366 g/mol. The lowest BCUT2D eigenvalue weighted by Gasteiger charge is -2.04. The van der Waals surface area contributed by atoms with Gasteiger partial charge in [-0.1, -0.05) is 30.3 Å². The molecule has 3 rings (SSSR count). The Morgan fingerprint density at radius 1 is 1.12 bits per heavy atom. The molecule has 5 heteroatoms. The standard InChI is InChI=1S/C21H22N2O2S/c1-2-25-19-10-8-17(9-11-19)21-23-18(15-26-21)14-20(24)22-13-12-16-6-4-3-5-7-16/h3-11,15H,2,12-14H2,1H3,(H,22,24). The Kier molecular flexibility index (Phi) is 6.39. The summed E-state index contributed by atoms with van der Waals surface area (Å²) in [7, 11) is 0. The van der Waals surface area contributed by atoms with Gasteiger partial charge in [-0.05, 0) is 43.2 Å². The molecule has 3 aromatic rings. The molecule has 0 fully saturated rings. The van der Waals surface area contributed by atoms with E-state index in [1.54, 1.807) is 11.3 Å². The summed E-state index contributed by atoms with van der Waals surface area (Å²) in [6.07, 6.45) is 1.14. The van der Waals surface area contributed by atoms with Gasteiger partial charge in [0.1, 0.15) is 10.8 Å². The van der Waals surface area contributed by atoms with Crippen LogP contribution in [-0.2, 0) is 17.6 Å². The summed E-state index contributed by atoms with van der Waals surface area (Å²) in [5.74, 6) is 0.857. The van der Waals surface area contributed by atoms with Crippen molar-refractivity contribution in [3.05, 3.63) is 71.2 Å². The van der Waals surface area contributed by atoms with Crippen LogP contribution in [0.3, 0.4) is 0 Å². The van der Waals surface area contributed by atoms with Gasteiger partial charge in [0.25, 0.3) is 0 Å². The summed E-state index contributed by atoms with van der Waals surface area (Å²) in [5, 5.41) is 5.82. The number of carbonyl (C=O) groups excluding carboxylic acids is 1. The van der Waals surface area contributed by atoms with Gasteiger partial charge in [0.05, 0.1) is 18.7 Å². The molecule has 1 N–H and O–H groups in total. The van der Waals surface area contributed by atoms with Crippen LogP contribution in [0, 0.1) is 0 Å². The first-order chi connectivity index (χ1) is 12.7. The zero-order valence-electron chi connectivity index (χ0n) is 14.8. The molecule has 2 aromatic carbocycles. The normalized spacial score (nSPS) is 10.5. The van der Waals surface area contributed by atoms with Crippen molar-refractivity contribution in [3.63, 3.8) is 0 Å². The molecule has 1 heterocycles. The highest BCUT2D eigenvalue weighted by molar-refractivity contribution is 7.13. The van der Waals surface area contributed by atoms with Crippen LogP contribution in [0.1, 0.15) is 18.2 Å². The largest absolute Gasteiger partial charge is 0.494 e. The van der Waals surface area contributed by atoms with Crippen molar-refractivity contribution >= 4 is 17.2 Å². The highest BCUT2D eigenvalue weighted by Crippen LogP contribution is 2.26. The average Bonchev–Trinajstić information content (AvgIpc) is 3.12. The minimum Gasteiger partial charge on any atom is -0.494 e. The number of amides is 1. The Balaban J connectivity index is 1.50. The van der Waals surface area contributed by atoms with Gasteiger partial charge in [-0.15, -0.1) is 11.3 Å². The number of ether oxygens (including phenoxy) is 1. The number of hydrogen-bond acceptors (Lipinski definition) is 4. The first kappa shape index (κ1) is 18.1. The second-order valence-electron chi connectivity index (χ2n) is 5.86. The third-order valence-corrected chi connectivity index (χ3v) is 4.82. The Morgan fingerprint density at radius 2 is 1.88 bits per heavy atom. The quantitative estimate of drug-likeness (QED) is 0.653. The van der Waals surface area contributed by atoms with Gasteiger partial charge in [-0.3, -0.25) is 4.79 Å². The molecule has 26 heavy (non-hydrogen) atoms. The molecule has 0 unspecified atom stereocenters. The van der Waals surface area contributed by atoms with E-state index >= 15 is 0 Å². The van der Waals surface area contributed by atoms with Crippen molar-refractivity contribution in [2.45, 2.75) is 19.8 Å². The minimum atomic E-state index is 0.00414. The molecule has 0 saturated carbocycles. The molecule has 4 nitrogen and oxygen atoms in total. The maximum atomic E-state index is 12.1. The molecule has 1 aromatic heterocycles. The third-order valence-electron chi connectivity index (χ3n) is 3.88.